The molecule has 0 bridgehead atoms. The number of rotatable bonds is 3. The zero-order valence-corrected chi connectivity index (χ0v) is 15.7. The highest BCUT2D eigenvalue weighted by molar-refractivity contribution is 5.86. The van der Waals surface area contributed by atoms with Crippen LogP contribution >= 0.6 is 0 Å². The van der Waals surface area contributed by atoms with Gasteiger partial charge in [0.15, 0.2) is 0 Å². The minimum Gasteiger partial charge on any atom is -0.371 e. The standard InChI is InChI=1S/C24H26N2/c1-18-6-9-22-15-20(7-10-21(22)14-18)8-11-23-16-24(19(2)17-25-23)26-12-4-3-5-13-26/h6-11,14-17H,3-5,12-13H2,1-2H3. The molecule has 3 aromatic rings. The zero-order valence-electron chi connectivity index (χ0n) is 15.7. The second-order valence-electron chi connectivity index (χ2n) is 7.39. The van der Waals surface area contributed by atoms with Crippen molar-refractivity contribution in [3.63, 3.8) is 0 Å². The molecule has 0 aliphatic carbocycles. The average Bonchev–Trinajstić information content (AvgIpc) is 2.68. The Morgan fingerprint density at radius 1 is 0.846 bits per heavy atom. The van der Waals surface area contributed by atoms with E-state index in [2.05, 4.69) is 78.3 Å². The summed E-state index contributed by atoms with van der Waals surface area (Å²) in [6.45, 7) is 6.63. The van der Waals surface area contributed by atoms with E-state index in [0.717, 1.165) is 18.8 Å². The van der Waals surface area contributed by atoms with Crippen LogP contribution in [-0.4, -0.2) is 18.1 Å². The van der Waals surface area contributed by atoms with Crippen LogP contribution in [0.4, 0.5) is 5.69 Å². The molecule has 4 rings (SSSR count). The summed E-state index contributed by atoms with van der Waals surface area (Å²) in [5.74, 6) is 0. The number of aryl methyl sites for hydroxylation is 2. The van der Waals surface area contributed by atoms with Gasteiger partial charge in [-0.05, 0) is 73.2 Å². The van der Waals surface area contributed by atoms with Crippen LogP contribution in [0.1, 0.15) is 41.6 Å². The third-order valence-electron chi connectivity index (χ3n) is 5.26. The summed E-state index contributed by atoms with van der Waals surface area (Å²) in [4.78, 5) is 7.12. The number of benzene rings is 2. The highest BCUT2D eigenvalue weighted by Crippen LogP contribution is 2.25. The third kappa shape index (κ3) is 3.65. The van der Waals surface area contributed by atoms with E-state index in [1.54, 1.807) is 0 Å². The number of pyridine rings is 1. The van der Waals surface area contributed by atoms with Gasteiger partial charge in [-0.15, -0.1) is 0 Å². The van der Waals surface area contributed by atoms with E-state index in [1.807, 2.05) is 6.20 Å². The fourth-order valence-corrected chi connectivity index (χ4v) is 3.76. The summed E-state index contributed by atoms with van der Waals surface area (Å²) in [6, 6.07) is 15.5. The Balaban J connectivity index is 1.59. The topological polar surface area (TPSA) is 16.1 Å². The Morgan fingerprint density at radius 2 is 1.62 bits per heavy atom. The summed E-state index contributed by atoms with van der Waals surface area (Å²) >= 11 is 0. The quantitative estimate of drug-likeness (QED) is 0.579. The number of piperidine rings is 1. The molecule has 132 valence electrons. The minimum absolute atomic E-state index is 1.03. The van der Waals surface area contributed by atoms with Crippen LogP contribution in [0.25, 0.3) is 22.9 Å². The molecule has 0 saturated carbocycles. The highest BCUT2D eigenvalue weighted by atomic mass is 15.1. The van der Waals surface area contributed by atoms with Crippen LogP contribution in [0.15, 0.2) is 48.7 Å². The first-order valence-corrected chi connectivity index (χ1v) is 9.59. The Morgan fingerprint density at radius 3 is 2.46 bits per heavy atom. The van der Waals surface area contributed by atoms with E-state index >= 15 is 0 Å². The molecule has 1 aliphatic heterocycles. The van der Waals surface area contributed by atoms with Crippen molar-refractivity contribution in [2.24, 2.45) is 0 Å². The number of hydrogen-bond donors (Lipinski definition) is 0. The number of nitrogens with zero attached hydrogens (tertiary/aromatic N) is 2. The summed E-state index contributed by atoms with van der Waals surface area (Å²) in [5, 5.41) is 2.58. The van der Waals surface area contributed by atoms with Gasteiger partial charge in [-0.3, -0.25) is 4.98 Å². The first kappa shape index (κ1) is 16.8. The van der Waals surface area contributed by atoms with Crippen LogP contribution in [0.2, 0.25) is 0 Å². The molecular formula is C24H26N2. The summed E-state index contributed by atoms with van der Waals surface area (Å²) in [6.07, 6.45) is 10.2. The van der Waals surface area contributed by atoms with Gasteiger partial charge in [0.2, 0.25) is 0 Å². The predicted octanol–water partition coefficient (Wildman–Crippen LogP) is 6.01. The molecule has 0 atom stereocenters. The molecule has 1 fully saturated rings. The lowest BCUT2D eigenvalue weighted by Crippen LogP contribution is -2.30. The van der Waals surface area contributed by atoms with Gasteiger partial charge >= 0.3 is 0 Å². The molecule has 0 radical (unpaired) electrons. The van der Waals surface area contributed by atoms with Gasteiger partial charge in [0.05, 0.1) is 5.69 Å². The average molecular weight is 342 g/mol. The van der Waals surface area contributed by atoms with Crippen molar-refractivity contribution < 1.29 is 0 Å². The van der Waals surface area contributed by atoms with Crippen LogP contribution in [0.3, 0.4) is 0 Å². The zero-order chi connectivity index (χ0) is 17.9. The first-order chi connectivity index (χ1) is 12.7. The SMILES string of the molecule is Cc1ccc2cc(C=Cc3cc(N4CCCCC4)c(C)cn3)ccc2c1. The Hall–Kier alpha value is -2.61. The lowest BCUT2D eigenvalue weighted by atomic mass is 10.0. The summed E-state index contributed by atoms with van der Waals surface area (Å²) < 4.78 is 0. The molecule has 1 saturated heterocycles. The Labute approximate surface area is 156 Å². The Kier molecular flexibility index (Phi) is 4.75. The maximum atomic E-state index is 4.61. The van der Waals surface area contributed by atoms with Gasteiger partial charge in [0, 0.05) is 25.0 Å². The van der Waals surface area contributed by atoms with Gasteiger partial charge in [-0.2, -0.15) is 0 Å². The van der Waals surface area contributed by atoms with E-state index in [-0.39, 0.29) is 0 Å². The Bertz CT molecular complexity index is 950. The van der Waals surface area contributed by atoms with E-state index in [9.17, 15) is 0 Å². The molecule has 0 spiro atoms. The van der Waals surface area contributed by atoms with Crippen LogP contribution < -0.4 is 4.90 Å². The van der Waals surface area contributed by atoms with E-state index in [4.69, 9.17) is 0 Å². The van der Waals surface area contributed by atoms with E-state index in [0.29, 0.717) is 0 Å². The first-order valence-electron chi connectivity index (χ1n) is 9.59. The smallest absolute Gasteiger partial charge is 0.0650 e. The van der Waals surface area contributed by atoms with Crippen molar-refractivity contribution in [1.29, 1.82) is 0 Å². The molecule has 0 N–H and O–H groups in total. The van der Waals surface area contributed by atoms with Crippen molar-refractivity contribution in [1.82, 2.24) is 4.98 Å². The molecule has 1 aliphatic rings. The van der Waals surface area contributed by atoms with E-state index < -0.39 is 0 Å². The van der Waals surface area contributed by atoms with Crippen molar-refractivity contribution in [2.45, 2.75) is 33.1 Å². The van der Waals surface area contributed by atoms with Gasteiger partial charge in [-0.25, -0.2) is 0 Å². The minimum atomic E-state index is 1.03. The van der Waals surface area contributed by atoms with Crippen LogP contribution in [0.5, 0.6) is 0 Å². The van der Waals surface area contributed by atoms with Gasteiger partial charge in [0.1, 0.15) is 0 Å². The predicted molar refractivity (Wildman–Crippen MR) is 113 cm³/mol. The largest absolute Gasteiger partial charge is 0.371 e. The van der Waals surface area contributed by atoms with Crippen molar-refractivity contribution in [3.05, 3.63) is 71.0 Å². The van der Waals surface area contributed by atoms with Gasteiger partial charge in [-0.1, -0.05) is 42.0 Å². The normalized spacial score (nSPS) is 15.1. The van der Waals surface area contributed by atoms with Gasteiger partial charge in [0.25, 0.3) is 0 Å². The number of aromatic nitrogens is 1. The lowest BCUT2D eigenvalue weighted by Gasteiger charge is -2.30. The molecule has 2 heteroatoms. The molecule has 0 amide bonds. The maximum absolute atomic E-state index is 4.61. The maximum Gasteiger partial charge on any atom is 0.0650 e. The molecule has 1 aromatic heterocycles. The summed E-state index contributed by atoms with van der Waals surface area (Å²) in [7, 11) is 0. The third-order valence-corrected chi connectivity index (χ3v) is 5.26. The fraction of sp³-hybridized carbons (Fsp3) is 0.292. The van der Waals surface area contributed by atoms with Crippen molar-refractivity contribution in [2.75, 3.05) is 18.0 Å². The monoisotopic (exact) mass is 342 g/mol. The van der Waals surface area contributed by atoms with E-state index in [1.165, 1.54) is 52.4 Å². The second kappa shape index (κ2) is 7.33. The summed E-state index contributed by atoms with van der Waals surface area (Å²) in [5.41, 5.74) is 6.15. The highest BCUT2D eigenvalue weighted by Gasteiger charge is 2.13. The van der Waals surface area contributed by atoms with Gasteiger partial charge < -0.3 is 4.90 Å². The van der Waals surface area contributed by atoms with Crippen molar-refractivity contribution >= 4 is 28.6 Å². The lowest BCUT2D eigenvalue weighted by molar-refractivity contribution is 0.577. The molecule has 0 unspecified atom stereocenters. The number of fused-ring (bicyclic) bond motifs is 1. The van der Waals surface area contributed by atoms with Crippen LogP contribution in [0, 0.1) is 13.8 Å². The molecule has 2 heterocycles. The van der Waals surface area contributed by atoms with Crippen molar-refractivity contribution in [3.8, 4) is 0 Å². The molecule has 26 heavy (non-hydrogen) atoms. The second-order valence-corrected chi connectivity index (χ2v) is 7.39. The number of anilines is 1. The van der Waals surface area contributed by atoms with Crippen LogP contribution in [-0.2, 0) is 0 Å². The number of hydrogen-bond acceptors (Lipinski definition) is 2. The molecule has 2 aromatic carbocycles. The molecule has 2 nitrogen and oxygen atoms in total. The molecular weight excluding hydrogens is 316 g/mol. The fourth-order valence-electron chi connectivity index (χ4n) is 3.76.